The maximum atomic E-state index is 13.3. The molecule has 0 aliphatic rings. The van der Waals surface area contributed by atoms with Crippen LogP contribution in [0.1, 0.15) is 11.3 Å². The Kier molecular flexibility index (Phi) is 6.99. The largest absolute Gasteiger partial charge is 0.433 e. The number of aromatic nitrogens is 2. The maximum Gasteiger partial charge on any atom is 0.433 e. The zero-order valence-corrected chi connectivity index (χ0v) is 17.3. The van der Waals surface area contributed by atoms with Gasteiger partial charge in [0.1, 0.15) is 5.69 Å². The van der Waals surface area contributed by atoms with Crippen LogP contribution in [0.15, 0.2) is 59.8 Å². The Hall–Kier alpha value is -2.79. The molecule has 0 unspecified atom stereocenters. The number of halogens is 7. The Bertz CT molecular complexity index is 1120. The van der Waals surface area contributed by atoms with Gasteiger partial charge in [-0.05, 0) is 30.3 Å². The molecule has 1 heterocycles. The van der Waals surface area contributed by atoms with Gasteiger partial charge in [0.2, 0.25) is 5.91 Å². The fourth-order valence-electron chi connectivity index (χ4n) is 2.56. The summed E-state index contributed by atoms with van der Waals surface area (Å²) < 4.78 is 78.9. The topological polar surface area (TPSA) is 54.9 Å². The van der Waals surface area contributed by atoms with Gasteiger partial charge in [-0.2, -0.15) is 26.3 Å². The normalized spacial score (nSPS) is 12.0. The molecule has 32 heavy (non-hydrogen) atoms. The van der Waals surface area contributed by atoms with Gasteiger partial charge in [0.15, 0.2) is 5.16 Å². The van der Waals surface area contributed by atoms with Gasteiger partial charge in [0.05, 0.1) is 22.7 Å². The lowest BCUT2D eigenvalue weighted by atomic mass is 10.1. The number of carbonyl (C=O) groups excluding carboxylic acids is 1. The zero-order chi connectivity index (χ0) is 23.5. The van der Waals surface area contributed by atoms with Crippen LogP contribution < -0.4 is 5.32 Å². The minimum absolute atomic E-state index is 0.0469. The summed E-state index contributed by atoms with van der Waals surface area (Å²) >= 11 is 6.35. The fraction of sp³-hybridized carbons (Fsp3) is 0.150. The summed E-state index contributed by atoms with van der Waals surface area (Å²) in [6, 6.07) is 11.0. The van der Waals surface area contributed by atoms with Gasteiger partial charge in [-0.15, -0.1) is 0 Å². The van der Waals surface area contributed by atoms with E-state index in [1.165, 1.54) is 36.4 Å². The summed E-state index contributed by atoms with van der Waals surface area (Å²) in [5, 5.41) is 2.13. The second kappa shape index (κ2) is 9.37. The Balaban J connectivity index is 1.81. The number of carbonyl (C=O) groups is 1. The number of benzene rings is 2. The van der Waals surface area contributed by atoms with Crippen molar-refractivity contribution >= 4 is 35.0 Å². The van der Waals surface area contributed by atoms with Crippen molar-refractivity contribution in [2.45, 2.75) is 17.5 Å². The van der Waals surface area contributed by atoms with Gasteiger partial charge < -0.3 is 5.32 Å². The predicted octanol–water partition coefficient (Wildman–Crippen LogP) is 6.57. The smallest absolute Gasteiger partial charge is 0.325 e. The van der Waals surface area contributed by atoms with Gasteiger partial charge >= 0.3 is 12.4 Å². The molecule has 0 saturated carbocycles. The van der Waals surface area contributed by atoms with Gasteiger partial charge in [-0.1, -0.05) is 47.6 Å². The molecule has 0 bridgehead atoms. The van der Waals surface area contributed by atoms with Crippen LogP contribution in [-0.4, -0.2) is 21.6 Å². The van der Waals surface area contributed by atoms with E-state index in [2.05, 4.69) is 15.3 Å². The summed E-state index contributed by atoms with van der Waals surface area (Å²) in [5.74, 6) is -1.37. The van der Waals surface area contributed by atoms with Crippen molar-refractivity contribution in [3.8, 4) is 11.3 Å². The number of rotatable bonds is 5. The first-order valence-corrected chi connectivity index (χ1v) is 10.1. The monoisotopic (exact) mass is 491 g/mol. The van der Waals surface area contributed by atoms with Crippen molar-refractivity contribution in [3.63, 3.8) is 0 Å². The van der Waals surface area contributed by atoms with Crippen LogP contribution in [0.25, 0.3) is 11.3 Å². The second-order valence-corrected chi connectivity index (χ2v) is 7.68. The summed E-state index contributed by atoms with van der Waals surface area (Å²) in [4.78, 5) is 19.6. The van der Waals surface area contributed by atoms with Crippen molar-refractivity contribution in [1.29, 1.82) is 0 Å². The van der Waals surface area contributed by atoms with Gasteiger partial charge in [0, 0.05) is 10.6 Å². The number of thioether (sulfide) groups is 1. The van der Waals surface area contributed by atoms with E-state index in [0.717, 1.165) is 18.2 Å². The Morgan fingerprint density at radius 3 is 2.22 bits per heavy atom. The van der Waals surface area contributed by atoms with Crippen LogP contribution >= 0.6 is 23.4 Å². The minimum Gasteiger partial charge on any atom is -0.325 e. The van der Waals surface area contributed by atoms with Crippen LogP contribution in [0.5, 0.6) is 0 Å². The van der Waals surface area contributed by atoms with Crippen LogP contribution in [0.2, 0.25) is 5.02 Å². The van der Waals surface area contributed by atoms with E-state index < -0.39 is 41.0 Å². The second-order valence-electron chi connectivity index (χ2n) is 6.31. The number of anilines is 1. The molecule has 168 valence electrons. The van der Waals surface area contributed by atoms with Crippen LogP contribution in [0.4, 0.5) is 32.0 Å². The first-order chi connectivity index (χ1) is 14.9. The van der Waals surface area contributed by atoms with Crippen molar-refractivity contribution in [2.75, 3.05) is 11.1 Å². The van der Waals surface area contributed by atoms with Crippen molar-refractivity contribution in [2.24, 2.45) is 0 Å². The standard InChI is InChI=1S/C20H12ClF6N3OS/c21-12-7-5-11(6-8-12)15-9-16(20(25,26)27)30-18(29-15)32-10-17(31)28-14-4-2-1-3-13(14)19(22,23)24/h1-9H,10H2,(H,28,31). The third kappa shape index (κ3) is 6.13. The molecule has 1 aromatic heterocycles. The Labute approximate surface area is 187 Å². The summed E-state index contributed by atoms with van der Waals surface area (Å²) in [5.41, 5.74) is -2.43. The highest BCUT2D eigenvalue weighted by atomic mass is 35.5. The predicted molar refractivity (Wildman–Crippen MR) is 108 cm³/mol. The summed E-state index contributed by atoms with van der Waals surface area (Å²) in [6.07, 6.45) is -9.46. The van der Waals surface area contributed by atoms with Gasteiger partial charge in [-0.3, -0.25) is 4.79 Å². The van der Waals surface area contributed by atoms with E-state index in [0.29, 0.717) is 22.3 Å². The molecule has 0 spiro atoms. The molecule has 0 radical (unpaired) electrons. The number of hydrogen-bond donors (Lipinski definition) is 1. The third-order valence-electron chi connectivity index (χ3n) is 3.97. The molecule has 4 nitrogen and oxygen atoms in total. The number of hydrogen-bond acceptors (Lipinski definition) is 4. The molecule has 3 rings (SSSR count). The Morgan fingerprint density at radius 1 is 0.938 bits per heavy atom. The highest BCUT2D eigenvalue weighted by Gasteiger charge is 2.35. The highest BCUT2D eigenvalue weighted by molar-refractivity contribution is 7.99. The van der Waals surface area contributed by atoms with E-state index in [1.807, 2.05) is 0 Å². The average Bonchev–Trinajstić information content (AvgIpc) is 2.71. The van der Waals surface area contributed by atoms with Crippen LogP contribution in [0, 0.1) is 0 Å². The van der Waals surface area contributed by atoms with E-state index in [9.17, 15) is 31.1 Å². The molecule has 0 atom stereocenters. The van der Waals surface area contributed by atoms with E-state index >= 15 is 0 Å². The number of alkyl halides is 6. The fourth-order valence-corrected chi connectivity index (χ4v) is 3.34. The molecular weight excluding hydrogens is 480 g/mol. The number of amides is 1. The summed E-state index contributed by atoms with van der Waals surface area (Å²) in [7, 11) is 0. The lowest BCUT2D eigenvalue weighted by Crippen LogP contribution is -2.18. The van der Waals surface area contributed by atoms with Crippen LogP contribution in [0.3, 0.4) is 0 Å². The first-order valence-electron chi connectivity index (χ1n) is 8.74. The van der Waals surface area contributed by atoms with Crippen molar-refractivity contribution in [1.82, 2.24) is 9.97 Å². The third-order valence-corrected chi connectivity index (χ3v) is 5.07. The SMILES string of the molecule is O=C(CSc1nc(-c2ccc(Cl)cc2)cc(C(F)(F)F)n1)Nc1ccccc1C(F)(F)F. The van der Waals surface area contributed by atoms with E-state index in [1.54, 1.807) is 0 Å². The molecule has 12 heteroatoms. The first kappa shape index (κ1) is 23.9. The molecule has 0 fully saturated rings. The van der Waals surface area contributed by atoms with Gasteiger partial charge in [0.25, 0.3) is 0 Å². The minimum atomic E-state index is -4.77. The van der Waals surface area contributed by atoms with Crippen LogP contribution in [-0.2, 0) is 17.1 Å². The molecule has 2 aromatic carbocycles. The number of para-hydroxylation sites is 1. The number of nitrogens with one attached hydrogen (secondary N) is 1. The lowest BCUT2D eigenvalue weighted by Gasteiger charge is -2.13. The van der Waals surface area contributed by atoms with Gasteiger partial charge in [-0.25, -0.2) is 9.97 Å². The highest BCUT2D eigenvalue weighted by Crippen LogP contribution is 2.35. The van der Waals surface area contributed by atoms with E-state index in [4.69, 9.17) is 11.6 Å². The van der Waals surface area contributed by atoms with Crippen molar-refractivity contribution < 1.29 is 31.1 Å². The lowest BCUT2D eigenvalue weighted by molar-refractivity contribution is -0.141. The maximum absolute atomic E-state index is 13.3. The molecule has 0 aliphatic carbocycles. The average molecular weight is 492 g/mol. The molecule has 1 amide bonds. The summed E-state index contributed by atoms with van der Waals surface area (Å²) in [6.45, 7) is 0. The Morgan fingerprint density at radius 2 is 1.59 bits per heavy atom. The van der Waals surface area contributed by atoms with Crippen molar-refractivity contribution in [3.05, 3.63) is 70.9 Å². The zero-order valence-electron chi connectivity index (χ0n) is 15.8. The molecule has 3 aromatic rings. The molecule has 0 aliphatic heterocycles. The molecule has 1 N–H and O–H groups in total. The molecule has 0 saturated heterocycles. The quantitative estimate of drug-likeness (QED) is 0.249. The molecular formula is C20H12ClF6N3OS. The number of nitrogens with zero attached hydrogens (tertiary/aromatic N) is 2. The van der Waals surface area contributed by atoms with E-state index in [-0.39, 0.29) is 10.9 Å².